The molecule has 0 aromatic heterocycles. The van der Waals surface area contributed by atoms with E-state index in [9.17, 15) is 9.59 Å². The summed E-state index contributed by atoms with van der Waals surface area (Å²) in [6.45, 7) is 4.41. The smallest absolute Gasteiger partial charge is 0.254 e. The summed E-state index contributed by atoms with van der Waals surface area (Å²) in [4.78, 5) is 31.1. The van der Waals surface area contributed by atoms with E-state index in [1.54, 1.807) is 4.90 Å². The fourth-order valence-corrected chi connectivity index (χ4v) is 5.04. The first-order valence-electron chi connectivity index (χ1n) is 13.5. The van der Waals surface area contributed by atoms with Gasteiger partial charge in [-0.3, -0.25) is 14.5 Å². The number of nitrogens with zero attached hydrogens (tertiary/aromatic N) is 2. The van der Waals surface area contributed by atoms with Crippen LogP contribution in [0.5, 0.6) is 5.75 Å². The Morgan fingerprint density at radius 1 is 0.744 bits per heavy atom. The average Bonchev–Trinajstić information content (AvgIpc) is 2.97. The zero-order valence-corrected chi connectivity index (χ0v) is 22.9. The Morgan fingerprint density at radius 3 is 1.82 bits per heavy atom. The Hall–Kier alpha value is -3.67. The number of Topliss-reactive ketones (excluding diaryl/α,β-unsaturated/α-hetero) is 1. The van der Waals surface area contributed by atoms with E-state index < -0.39 is 0 Å². The first-order valence-corrected chi connectivity index (χ1v) is 13.5. The van der Waals surface area contributed by atoms with Gasteiger partial charge in [-0.25, -0.2) is 0 Å². The summed E-state index contributed by atoms with van der Waals surface area (Å²) < 4.78 is 5.94. The van der Waals surface area contributed by atoms with Gasteiger partial charge in [0.05, 0.1) is 13.1 Å². The third-order valence-corrected chi connectivity index (χ3v) is 7.10. The highest BCUT2D eigenvalue weighted by atomic mass is 35.5. The molecule has 6 heteroatoms. The zero-order valence-electron chi connectivity index (χ0n) is 22.1. The van der Waals surface area contributed by atoms with Gasteiger partial charge in [-0.2, -0.15) is 0 Å². The monoisotopic (exact) mass is 542 g/mol. The highest BCUT2D eigenvalue weighted by Crippen LogP contribution is 2.24. The Balaban J connectivity index is 0.00000353. The maximum Gasteiger partial charge on any atom is 0.254 e. The predicted molar refractivity (Wildman–Crippen MR) is 159 cm³/mol. The summed E-state index contributed by atoms with van der Waals surface area (Å²) in [5.74, 6) is 0.649. The van der Waals surface area contributed by atoms with Crippen molar-refractivity contribution >= 4 is 36.2 Å². The van der Waals surface area contributed by atoms with Gasteiger partial charge in [-0.1, -0.05) is 67.1 Å². The average molecular weight is 543 g/mol. The number of rotatable bonds is 7. The molecule has 2 fully saturated rings. The van der Waals surface area contributed by atoms with Crippen LogP contribution in [0.3, 0.4) is 0 Å². The third-order valence-electron chi connectivity index (χ3n) is 7.10. The Kier molecular flexibility index (Phi) is 10.1. The van der Waals surface area contributed by atoms with Crippen molar-refractivity contribution in [1.82, 2.24) is 9.80 Å². The minimum absolute atomic E-state index is 0. The van der Waals surface area contributed by atoms with Gasteiger partial charge in [0.1, 0.15) is 12.4 Å². The minimum Gasteiger partial charge on any atom is -0.492 e. The lowest BCUT2D eigenvalue weighted by atomic mass is 9.93. The van der Waals surface area contributed by atoms with Gasteiger partial charge in [0.15, 0.2) is 5.78 Å². The number of piperidine rings is 2. The van der Waals surface area contributed by atoms with Crippen molar-refractivity contribution in [3.8, 4) is 5.75 Å². The third kappa shape index (κ3) is 7.69. The lowest BCUT2D eigenvalue weighted by Gasteiger charge is -2.30. The molecule has 3 aromatic rings. The van der Waals surface area contributed by atoms with Crippen LogP contribution < -0.4 is 4.74 Å². The topological polar surface area (TPSA) is 49.9 Å². The van der Waals surface area contributed by atoms with Gasteiger partial charge in [0.25, 0.3) is 5.91 Å². The van der Waals surface area contributed by atoms with Crippen molar-refractivity contribution in [2.75, 3.05) is 39.3 Å². The lowest BCUT2D eigenvalue weighted by Crippen LogP contribution is -2.41. The Labute approximate surface area is 237 Å². The molecule has 0 atom stereocenters. The molecular weight excluding hydrogens is 508 g/mol. The van der Waals surface area contributed by atoms with Crippen LogP contribution in [0.15, 0.2) is 96.1 Å². The van der Waals surface area contributed by atoms with Crippen molar-refractivity contribution < 1.29 is 14.3 Å². The number of amides is 1. The van der Waals surface area contributed by atoms with E-state index in [-0.39, 0.29) is 37.2 Å². The largest absolute Gasteiger partial charge is 0.492 e. The second-order valence-electron chi connectivity index (χ2n) is 9.93. The predicted octanol–water partition coefficient (Wildman–Crippen LogP) is 6.17. The molecule has 0 N–H and O–H groups in total. The molecule has 0 bridgehead atoms. The maximum absolute atomic E-state index is 13.5. The van der Waals surface area contributed by atoms with Crippen LogP contribution in [-0.4, -0.2) is 60.8 Å². The van der Waals surface area contributed by atoms with Crippen LogP contribution >= 0.6 is 12.4 Å². The summed E-state index contributed by atoms with van der Waals surface area (Å²) in [5.41, 5.74) is 3.68. The van der Waals surface area contributed by atoms with Crippen LogP contribution in [0.25, 0.3) is 12.2 Å². The van der Waals surface area contributed by atoms with Crippen molar-refractivity contribution in [1.29, 1.82) is 0 Å². The molecule has 39 heavy (non-hydrogen) atoms. The van der Waals surface area contributed by atoms with E-state index in [2.05, 4.69) is 4.90 Å². The standard InChI is InChI=1S/C33H34N2O3.ClH/c36-32-29(22-26-10-4-1-5-11-26)24-35(25-30(32)23-27-12-6-2-7-13-27)33(37)28-14-16-31(17-15-28)38-21-20-34-18-8-3-9-19-34;/h1-2,4-7,10-17,22-23H,3,8-9,18-21,24-25H2;1H/b29-22+,30-23+;. The normalized spacial score (nSPS) is 18.2. The van der Waals surface area contributed by atoms with E-state index in [1.165, 1.54) is 19.3 Å². The number of carbonyl (C=O) groups excluding carboxylic acids is 2. The first-order chi connectivity index (χ1) is 18.7. The second-order valence-corrected chi connectivity index (χ2v) is 9.93. The lowest BCUT2D eigenvalue weighted by molar-refractivity contribution is -0.113. The molecule has 202 valence electrons. The van der Waals surface area contributed by atoms with E-state index >= 15 is 0 Å². The fraction of sp³-hybridized carbons (Fsp3) is 0.273. The number of ether oxygens (including phenoxy) is 1. The van der Waals surface area contributed by atoms with Gasteiger partial charge < -0.3 is 9.64 Å². The van der Waals surface area contributed by atoms with Gasteiger partial charge in [0.2, 0.25) is 0 Å². The number of hydrogen-bond acceptors (Lipinski definition) is 4. The molecule has 2 aliphatic heterocycles. The molecule has 0 saturated carbocycles. The maximum atomic E-state index is 13.5. The molecule has 0 aliphatic carbocycles. The van der Waals surface area contributed by atoms with E-state index in [4.69, 9.17) is 4.74 Å². The Morgan fingerprint density at radius 2 is 1.28 bits per heavy atom. The molecule has 5 rings (SSSR count). The number of carbonyl (C=O) groups is 2. The van der Waals surface area contributed by atoms with Crippen LogP contribution in [0, 0.1) is 0 Å². The van der Waals surface area contributed by atoms with Gasteiger partial charge in [-0.15, -0.1) is 12.4 Å². The molecule has 3 aromatic carbocycles. The molecule has 2 aliphatic rings. The number of ketones is 1. The number of benzene rings is 3. The van der Waals surface area contributed by atoms with Crippen molar-refractivity contribution in [2.24, 2.45) is 0 Å². The molecule has 1 amide bonds. The highest BCUT2D eigenvalue weighted by molar-refractivity contribution is 6.15. The van der Waals surface area contributed by atoms with Crippen LogP contribution in [0.1, 0.15) is 40.7 Å². The second kappa shape index (κ2) is 13.9. The molecular formula is C33H35ClN2O3. The van der Waals surface area contributed by atoms with Gasteiger partial charge in [0, 0.05) is 23.3 Å². The summed E-state index contributed by atoms with van der Waals surface area (Å²) in [6.07, 6.45) is 7.64. The van der Waals surface area contributed by atoms with Gasteiger partial charge in [-0.05, 0) is 73.5 Å². The Bertz CT molecular complexity index is 1240. The summed E-state index contributed by atoms with van der Waals surface area (Å²) in [6, 6.07) is 26.9. The highest BCUT2D eigenvalue weighted by Gasteiger charge is 2.29. The molecule has 2 heterocycles. The minimum atomic E-state index is -0.102. The van der Waals surface area contributed by atoms with Crippen molar-refractivity contribution in [3.05, 3.63) is 113 Å². The summed E-state index contributed by atoms with van der Waals surface area (Å²) in [5, 5.41) is 0. The number of likely N-dealkylation sites (tertiary alicyclic amines) is 2. The van der Waals surface area contributed by atoms with Crippen molar-refractivity contribution in [3.63, 3.8) is 0 Å². The molecule has 2 saturated heterocycles. The van der Waals surface area contributed by atoms with Gasteiger partial charge >= 0.3 is 0 Å². The summed E-state index contributed by atoms with van der Waals surface area (Å²) >= 11 is 0. The van der Waals surface area contributed by atoms with E-state index in [1.807, 2.05) is 97.1 Å². The van der Waals surface area contributed by atoms with Crippen molar-refractivity contribution in [2.45, 2.75) is 19.3 Å². The first kappa shape index (κ1) is 28.3. The molecule has 0 spiro atoms. The van der Waals surface area contributed by atoms with E-state index in [0.717, 1.165) is 36.5 Å². The van der Waals surface area contributed by atoms with Crippen LogP contribution in [-0.2, 0) is 4.79 Å². The van der Waals surface area contributed by atoms with Crippen LogP contribution in [0.2, 0.25) is 0 Å². The molecule has 0 unspecified atom stereocenters. The number of hydrogen-bond donors (Lipinski definition) is 0. The molecule has 0 radical (unpaired) electrons. The quantitative estimate of drug-likeness (QED) is 0.335. The van der Waals surface area contributed by atoms with Crippen LogP contribution in [0.4, 0.5) is 0 Å². The number of halogens is 1. The summed E-state index contributed by atoms with van der Waals surface area (Å²) in [7, 11) is 0. The fourth-order valence-electron chi connectivity index (χ4n) is 5.04. The zero-order chi connectivity index (χ0) is 26.2. The molecule has 5 nitrogen and oxygen atoms in total. The SMILES string of the molecule is Cl.O=C1/C(=C/c2ccccc2)CN(C(=O)c2ccc(OCCN3CCCCC3)cc2)C/C1=C\c1ccccc1. The van der Waals surface area contributed by atoms with E-state index in [0.29, 0.717) is 23.3 Å².